The Labute approximate surface area is 119 Å². The van der Waals surface area contributed by atoms with Gasteiger partial charge in [0, 0.05) is 0 Å². The normalized spacial score (nSPS) is 11.1. The Morgan fingerprint density at radius 3 is 2.50 bits per heavy atom. The molecule has 20 heavy (non-hydrogen) atoms. The number of hydrogen-bond donors (Lipinski definition) is 1. The van der Waals surface area contributed by atoms with Crippen molar-refractivity contribution in [3.8, 4) is 0 Å². The summed E-state index contributed by atoms with van der Waals surface area (Å²) in [5.41, 5.74) is 0.128. The van der Waals surface area contributed by atoms with Crippen LogP contribution in [-0.2, 0) is 14.8 Å². The van der Waals surface area contributed by atoms with Crippen molar-refractivity contribution >= 4 is 32.3 Å². The van der Waals surface area contributed by atoms with Gasteiger partial charge in [-0.3, -0.25) is 4.72 Å². The van der Waals surface area contributed by atoms with Crippen LogP contribution in [0.3, 0.4) is 0 Å². The second-order valence-corrected chi connectivity index (χ2v) is 6.31. The molecule has 0 atom stereocenters. The molecule has 0 fully saturated rings. The standard InChI is InChI=1S/C12H10FNO4S2/c1-18-12(15)10-6-7-19-11(10)14-20(16,17)9-4-2-8(13)3-5-9/h2-7,14H,1H3. The molecule has 1 aromatic carbocycles. The zero-order chi connectivity index (χ0) is 14.8. The van der Waals surface area contributed by atoms with Crippen molar-refractivity contribution < 1.29 is 22.3 Å². The monoisotopic (exact) mass is 315 g/mol. The number of methoxy groups -OCH3 is 1. The highest BCUT2D eigenvalue weighted by molar-refractivity contribution is 7.93. The predicted octanol–water partition coefficient (Wildman–Crippen LogP) is 2.47. The molecule has 0 saturated heterocycles. The molecule has 2 aromatic rings. The molecular weight excluding hydrogens is 305 g/mol. The van der Waals surface area contributed by atoms with E-state index in [1.54, 1.807) is 5.38 Å². The van der Waals surface area contributed by atoms with Crippen molar-refractivity contribution in [2.45, 2.75) is 4.90 Å². The van der Waals surface area contributed by atoms with E-state index in [0.29, 0.717) is 0 Å². The van der Waals surface area contributed by atoms with Crippen molar-refractivity contribution in [1.29, 1.82) is 0 Å². The molecule has 5 nitrogen and oxygen atoms in total. The van der Waals surface area contributed by atoms with Gasteiger partial charge in [0.05, 0.1) is 17.6 Å². The number of thiophene rings is 1. The number of nitrogens with one attached hydrogen (secondary N) is 1. The first kappa shape index (κ1) is 14.5. The minimum atomic E-state index is -3.88. The Bertz CT molecular complexity index is 722. The van der Waals surface area contributed by atoms with Crippen LogP contribution in [0.4, 0.5) is 9.39 Å². The molecule has 0 aliphatic rings. The number of sulfonamides is 1. The van der Waals surface area contributed by atoms with Gasteiger partial charge in [-0.25, -0.2) is 17.6 Å². The number of benzene rings is 1. The molecule has 0 amide bonds. The van der Waals surface area contributed by atoms with Crippen molar-refractivity contribution in [3.63, 3.8) is 0 Å². The predicted molar refractivity (Wildman–Crippen MR) is 72.9 cm³/mol. The number of esters is 1. The Morgan fingerprint density at radius 2 is 1.90 bits per heavy atom. The number of halogens is 1. The van der Waals surface area contributed by atoms with Gasteiger partial charge < -0.3 is 4.74 Å². The van der Waals surface area contributed by atoms with E-state index in [-0.39, 0.29) is 15.5 Å². The van der Waals surface area contributed by atoms with Crippen molar-refractivity contribution in [1.82, 2.24) is 0 Å². The summed E-state index contributed by atoms with van der Waals surface area (Å²) in [4.78, 5) is 11.4. The molecule has 106 valence electrons. The maximum atomic E-state index is 12.8. The Balaban J connectivity index is 2.32. The summed E-state index contributed by atoms with van der Waals surface area (Å²) in [6, 6.07) is 5.83. The van der Waals surface area contributed by atoms with Crippen LogP contribution in [0, 0.1) is 5.82 Å². The first-order valence-electron chi connectivity index (χ1n) is 5.38. The van der Waals surface area contributed by atoms with Crippen LogP contribution in [0.5, 0.6) is 0 Å². The summed E-state index contributed by atoms with van der Waals surface area (Å²) < 4.78 is 43.8. The van der Waals surface area contributed by atoms with Gasteiger partial charge in [0.2, 0.25) is 0 Å². The third-order valence-electron chi connectivity index (χ3n) is 2.42. The van der Waals surface area contributed by atoms with Crippen molar-refractivity contribution in [2.75, 3.05) is 11.8 Å². The molecule has 2 rings (SSSR count). The average Bonchev–Trinajstić information content (AvgIpc) is 2.85. The average molecular weight is 315 g/mol. The molecule has 0 aliphatic heterocycles. The van der Waals surface area contributed by atoms with Gasteiger partial charge in [0.1, 0.15) is 10.8 Å². The summed E-state index contributed by atoms with van der Waals surface area (Å²) in [6.07, 6.45) is 0. The van der Waals surface area contributed by atoms with Crippen LogP contribution < -0.4 is 4.72 Å². The SMILES string of the molecule is COC(=O)c1ccsc1NS(=O)(=O)c1ccc(F)cc1. The molecule has 0 radical (unpaired) electrons. The number of anilines is 1. The Hall–Kier alpha value is -1.93. The highest BCUT2D eigenvalue weighted by Gasteiger charge is 2.20. The van der Waals surface area contributed by atoms with E-state index in [4.69, 9.17) is 0 Å². The van der Waals surface area contributed by atoms with Crippen LogP contribution >= 0.6 is 11.3 Å². The van der Waals surface area contributed by atoms with E-state index < -0.39 is 21.8 Å². The van der Waals surface area contributed by atoms with Crippen molar-refractivity contribution in [3.05, 3.63) is 47.1 Å². The van der Waals surface area contributed by atoms with Gasteiger partial charge >= 0.3 is 5.97 Å². The van der Waals surface area contributed by atoms with Crippen LogP contribution in [0.2, 0.25) is 0 Å². The molecule has 1 aromatic heterocycles. The summed E-state index contributed by atoms with van der Waals surface area (Å²) in [5, 5.41) is 1.72. The summed E-state index contributed by atoms with van der Waals surface area (Å²) >= 11 is 1.05. The van der Waals surface area contributed by atoms with Crippen molar-refractivity contribution in [2.24, 2.45) is 0 Å². The van der Waals surface area contributed by atoms with Gasteiger partial charge in [-0.15, -0.1) is 11.3 Å². The zero-order valence-corrected chi connectivity index (χ0v) is 11.9. The van der Waals surface area contributed by atoms with Crippen LogP contribution in [0.1, 0.15) is 10.4 Å². The number of rotatable bonds is 4. The fraction of sp³-hybridized carbons (Fsp3) is 0.0833. The lowest BCUT2D eigenvalue weighted by molar-refractivity contribution is 0.0602. The lowest BCUT2D eigenvalue weighted by atomic mass is 10.3. The maximum absolute atomic E-state index is 12.8. The van der Waals surface area contributed by atoms with Gasteiger partial charge in [0.15, 0.2) is 0 Å². The lowest BCUT2D eigenvalue weighted by Gasteiger charge is -2.07. The maximum Gasteiger partial charge on any atom is 0.340 e. The minimum absolute atomic E-state index is 0.0943. The van der Waals surface area contributed by atoms with E-state index >= 15 is 0 Å². The third-order valence-corrected chi connectivity index (χ3v) is 4.75. The number of ether oxygens (including phenoxy) is 1. The first-order chi connectivity index (χ1) is 9.44. The van der Waals surface area contributed by atoms with E-state index in [1.165, 1.54) is 13.2 Å². The molecular formula is C12H10FNO4S2. The van der Waals surface area contributed by atoms with E-state index in [9.17, 15) is 17.6 Å². The van der Waals surface area contributed by atoms with Gasteiger partial charge in [-0.05, 0) is 35.7 Å². The van der Waals surface area contributed by atoms with E-state index in [0.717, 1.165) is 35.6 Å². The van der Waals surface area contributed by atoms with Crippen LogP contribution in [0.25, 0.3) is 0 Å². The molecule has 0 bridgehead atoms. The molecule has 0 spiro atoms. The molecule has 8 heteroatoms. The smallest absolute Gasteiger partial charge is 0.340 e. The van der Waals surface area contributed by atoms with Gasteiger partial charge in [0.25, 0.3) is 10.0 Å². The Kier molecular flexibility index (Phi) is 4.05. The first-order valence-corrected chi connectivity index (χ1v) is 7.74. The largest absolute Gasteiger partial charge is 0.465 e. The second kappa shape index (κ2) is 5.59. The summed E-state index contributed by atoms with van der Waals surface area (Å²) in [7, 11) is -2.67. The van der Waals surface area contributed by atoms with Gasteiger partial charge in [-0.1, -0.05) is 0 Å². The van der Waals surface area contributed by atoms with Gasteiger partial charge in [-0.2, -0.15) is 0 Å². The molecule has 1 N–H and O–H groups in total. The summed E-state index contributed by atoms with van der Waals surface area (Å²) in [6.45, 7) is 0. The molecule has 0 saturated carbocycles. The molecule has 0 aliphatic carbocycles. The topological polar surface area (TPSA) is 72.5 Å². The van der Waals surface area contributed by atoms with Crippen LogP contribution in [0.15, 0.2) is 40.6 Å². The lowest BCUT2D eigenvalue weighted by Crippen LogP contribution is -2.14. The second-order valence-electron chi connectivity index (χ2n) is 3.71. The van der Waals surface area contributed by atoms with E-state index in [1.807, 2.05) is 0 Å². The van der Waals surface area contributed by atoms with E-state index in [2.05, 4.69) is 9.46 Å². The highest BCUT2D eigenvalue weighted by atomic mass is 32.2. The third kappa shape index (κ3) is 2.97. The quantitative estimate of drug-likeness (QED) is 0.880. The number of carbonyl (C=O) groups is 1. The summed E-state index contributed by atoms with van der Waals surface area (Å²) in [5.74, 6) is -1.17. The Morgan fingerprint density at radius 1 is 1.25 bits per heavy atom. The molecule has 1 heterocycles. The molecule has 0 unspecified atom stereocenters. The fourth-order valence-corrected chi connectivity index (χ4v) is 3.56. The fourth-order valence-electron chi connectivity index (χ4n) is 1.45. The zero-order valence-electron chi connectivity index (χ0n) is 10.3. The highest BCUT2D eigenvalue weighted by Crippen LogP contribution is 2.26. The number of hydrogen-bond acceptors (Lipinski definition) is 5. The minimum Gasteiger partial charge on any atom is -0.465 e. The van der Waals surface area contributed by atoms with Crippen LogP contribution in [-0.4, -0.2) is 21.5 Å². The number of carbonyl (C=O) groups excluding carboxylic acids is 1.